The van der Waals surface area contributed by atoms with E-state index in [4.69, 9.17) is 0 Å². The molecule has 1 heterocycles. The molecular weight excluding hydrogens is 236 g/mol. The third-order valence-corrected chi connectivity index (χ3v) is 5.21. The second-order valence-electron chi connectivity index (χ2n) is 7.32. The van der Waals surface area contributed by atoms with Crippen LogP contribution >= 0.6 is 0 Å². The van der Waals surface area contributed by atoms with Gasteiger partial charge < -0.3 is 15.3 Å². The lowest BCUT2D eigenvalue weighted by Gasteiger charge is -2.33. The van der Waals surface area contributed by atoms with E-state index < -0.39 is 0 Å². The maximum atomic E-state index is 9.26. The van der Waals surface area contributed by atoms with Gasteiger partial charge >= 0.3 is 0 Å². The lowest BCUT2D eigenvalue weighted by atomic mass is 9.84. The predicted octanol–water partition coefficient (Wildman–Crippen LogP) is 2.10. The molecule has 1 aliphatic heterocycles. The summed E-state index contributed by atoms with van der Waals surface area (Å²) in [6.07, 6.45) is 5.10. The fourth-order valence-electron chi connectivity index (χ4n) is 4.02. The molecule has 3 nitrogen and oxygen atoms in total. The van der Waals surface area contributed by atoms with Gasteiger partial charge in [0.05, 0.1) is 0 Å². The van der Waals surface area contributed by atoms with Crippen LogP contribution in [0.2, 0.25) is 0 Å². The summed E-state index contributed by atoms with van der Waals surface area (Å²) in [7, 11) is 0. The zero-order valence-corrected chi connectivity index (χ0v) is 13.0. The molecule has 0 aromatic rings. The van der Waals surface area contributed by atoms with Crippen LogP contribution in [0.1, 0.15) is 46.5 Å². The van der Waals surface area contributed by atoms with Crippen molar-refractivity contribution in [1.82, 2.24) is 10.2 Å². The van der Waals surface area contributed by atoms with Crippen LogP contribution < -0.4 is 5.32 Å². The molecule has 1 aliphatic carbocycles. The van der Waals surface area contributed by atoms with Gasteiger partial charge in [0.15, 0.2) is 0 Å². The standard InChI is InChI=1S/C16H32N2O/c1-4-8-17-15-14(5-7-16(15,2)3)11-18-9-6-13(10-18)12-19/h13-15,17,19H,4-12H2,1-3H3. The largest absolute Gasteiger partial charge is 0.396 e. The first kappa shape index (κ1) is 15.3. The molecule has 0 aromatic heterocycles. The van der Waals surface area contributed by atoms with Crippen molar-refractivity contribution in [3.63, 3.8) is 0 Å². The highest BCUT2D eigenvalue weighted by molar-refractivity contribution is 4.97. The van der Waals surface area contributed by atoms with E-state index >= 15 is 0 Å². The lowest BCUT2D eigenvalue weighted by Crippen LogP contribution is -2.45. The molecule has 1 saturated heterocycles. The van der Waals surface area contributed by atoms with Crippen molar-refractivity contribution < 1.29 is 5.11 Å². The summed E-state index contributed by atoms with van der Waals surface area (Å²) in [6, 6.07) is 0.667. The van der Waals surface area contributed by atoms with E-state index in [-0.39, 0.29) is 0 Å². The molecule has 3 atom stereocenters. The number of aliphatic hydroxyl groups excluding tert-OH is 1. The van der Waals surface area contributed by atoms with Gasteiger partial charge in [-0.3, -0.25) is 0 Å². The molecule has 112 valence electrons. The van der Waals surface area contributed by atoms with Gasteiger partial charge in [-0.15, -0.1) is 0 Å². The minimum Gasteiger partial charge on any atom is -0.396 e. The molecule has 19 heavy (non-hydrogen) atoms. The van der Waals surface area contributed by atoms with Crippen LogP contribution in [0.25, 0.3) is 0 Å². The Morgan fingerprint density at radius 2 is 2.11 bits per heavy atom. The second-order valence-corrected chi connectivity index (χ2v) is 7.32. The van der Waals surface area contributed by atoms with E-state index in [1.165, 1.54) is 38.8 Å². The molecule has 2 N–H and O–H groups in total. The van der Waals surface area contributed by atoms with Crippen molar-refractivity contribution in [1.29, 1.82) is 0 Å². The van der Waals surface area contributed by atoms with Gasteiger partial charge in [-0.25, -0.2) is 0 Å². The fraction of sp³-hybridized carbons (Fsp3) is 1.00. The minimum atomic E-state index is 0.365. The third kappa shape index (κ3) is 3.71. The quantitative estimate of drug-likeness (QED) is 0.774. The van der Waals surface area contributed by atoms with Crippen molar-refractivity contribution in [3.05, 3.63) is 0 Å². The molecule has 2 rings (SSSR count). The van der Waals surface area contributed by atoms with Gasteiger partial charge in [0, 0.05) is 25.7 Å². The van der Waals surface area contributed by atoms with E-state index in [9.17, 15) is 5.11 Å². The first-order valence-corrected chi connectivity index (χ1v) is 8.13. The lowest BCUT2D eigenvalue weighted by molar-refractivity contribution is 0.187. The molecule has 0 spiro atoms. The normalized spacial score (nSPS) is 35.1. The summed E-state index contributed by atoms with van der Waals surface area (Å²) in [5.41, 5.74) is 0.440. The number of nitrogens with one attached hydrogen (secondary N) is 1. The van der Waals surface area contributed by atoms with Gasteiger partial charge in [0.2, 0.25) is 0 Å². The molecule has 3 unspecified atom stereocenters. The fourth-order valence-corrected chi connectivity index (χ4v) is 4.02. The van der Waals surface area contributed by atoms with Gasteiger partial charge in [-0.05, 0) is 56.0 Å². The highest BCUT2D eigenvalue weighted by Crippen LogP contribution is 2.42. The topological polar surface area (TPSA) is 35.5 Å². The van der Waals surface area contributed by atoms with E-state index in [1.807, 2.05) is 0 Å². The Bertz CT molecular complexity index is 280. The molecule has 2 fully saturated rings. The minimum absolute atomic E-state index is 0.365. The van der Waals surface area contributed by atoms with Crippen LogP contribution in [0.3, 0.4) is 0 Å². The van der Waals surface area contributed by atoms with Crippen molar-refractivity contribution >= 4 is 0 Å². The van der Waals surface area contributed by atoms with Gasteiger partial charge in [-0.2, -0.15) is 0 Å². The molecule has 3 heteroatoms. The van der Waals surface area contributed by atoms with Crippen molar-refractivity contribution in [2.45, 2.75) is 52.5 Å². The van der Waals surface area contributed by atoms with E-state index in [0.29, 0.717) is 24.0 Å². The summed E-state index contributed by atoms with van der Waals surface area (Å²) < 4.78 is 0. The van der Waals surface area contributed by atoms with E-state index in [2.05, 4.69) is 31.0 Å². The van der Waals surface area contributed by atoms with Crippen LogP contribution in [-0.2, 0) is 0 Å². The van der Waals surface area contributed by atoms with Crippen molar-refractivity contribution in [2.75, 3.05) is 32.8 Å². The number of likely N-dealkylation sites (tertiary alicyclic amines) is 1. The monoisotopic (exact) mass is 268 g/mol. The molecule has 0 aromatic carbocycles. The molecule has 0 bridgehead atoms. The van der Waals surface area contributed by atoms with Crippen LogP contribution in [0.4, 0.5) is 0 Å². The Kier molecular flexibility index (Phi) is 5.27. The van der Waals surface area contributed by atoms with Crippen molar-refractivity contribution in [2.24, 2.45) is 17.3 Å². The number of nitrogens with zero attached hydrogens (tertiary/aromatic N) is 1. The smallest absolute Gasteiger partial charge is 0.0471 e. The second kappa shape index (κ2) is 6.55. The summed E-state index contributed by atoms with van der Waals surface area (Å²) >= 11 is 0. The number of aliphatic hydroxyl groups is 1. The zero-order valence-electron chi connectivity index (χ0n) is 13.0. The van der Waals surface area contributed by atoms with E-state index in [0.717, 1.165) is 19.0 Å². The van der Waals surface area contributed by atoms with Gasteiger partial charge in [0.1, 0.15) is 0 Å². The highest BCUT2D eigenvalue weighted by atomic mass is 16.3. The number of hydrogen-bond donors (Lipinski definition) is 2. The molecular formula is C16H32N2O. The summed E-state index contributed by atoms with van der Waals surface area (Å²) in [5, 5.41) is 13.1. The summed E-state index contributed by atoms with van der Waals surface area (Å²) in [5.74, 6) is 1.32. The highest BCUT2D eigenvalue weighted by Gasteiger charge is 2.42. The average Bonchev–Trinajstić information content (AvgIpc) is 2.93. The Morgan fingerprint density at radius 3 is 2.74 bits per heavy atom. The Hall–Kier alpha value is -0.120. The molecule has 2 aliphatic rings. The SMILES string of the molecule is CCCNC1C(CN2CCC(CO)C2)CCC1(C)C. The molecule has 0 radical (unpaired) electrons. The Balaban J connectivity index is 1.88. The number of rotatable bonds is 6. The summed E-state index contributed by atoms with van der Waals surface area (Å²) in [6.45, 7) is 12.1. The predicted molar refractivity (Wildman–Crippen MR) is 80.2 cm³/mol. The van der Waals surface area contributed by atoms with Gasteiger partial charge in [0.25, 0.3) is 0 Å². The van der Waals surface area contributed by atoms with Gasteiger partial charge in [-0.1, -0.05) is 20.8 Å². The van der Waals surface area contributed by atoms with Crippen molar-refractivity contribution in [3.8, 4) is 0 Å². The van der Waals surface area contributed by atoms with Crippen LogP contribution in [0.15, 0.2) is 0 Å². The first-order valence-electron chi connectivity index (χ1n) is 8.13. The van der Waals surface area contributed by atoms with Crippen LogP contribution in [0.5, 0.6) is 0 Å². The third-order valence-electron chi connectivity index (χ3n) is 5.21. The Morgan fingerprint density at radius 1 is 1.32 bits per heavy atom. The molecule has 0 amide bonds. The summed E-state index contributed by atoms with van der Waals surface area (Å²) in [4.78, 5) is 2.58. The van der Waals surface area contributed by atoms with Crippen LogP contribution in [0, 0.1) is 17.3 Å². The zero-order chi connectivity index (χ0) is 13.9. The maximum absolute atomic E-state index is 9.26. The van der Waals surface area contributed by atoms with Crippen LogP contribution in [-0.4, -0.2) is 48.8 Å². The van der Waals surface area contributed by atoms with E-state index in [1.54, 1.807) is 0 Å². The number of hydrogen-bond acceptors (Lipinski definition) is 3. The average molecular weight is 268 g/mol. The first-order chi connectivity index (χ1) is 9.06. The molecule has 1 saturated carbocycles. The maximum Gasteiger partial charge on any atom is 0.0471 e. The Labute approximate surface area is 118 Å².